The van der Waals surface area contributed by atoms with Crippen molar-refractivity contribution in [2.75, 3.05) is 39.3 Å². The Hall–Kier alpha value is -0.940. The average molecular weight is 249 g/mol. The molecule has 1 fully saturated rings. The van der Waals surface area contributed by atoms with Crippen LogP contribution < -0.4 is 5.73 Å². The Balaban J connectivity index is 2.00. The third-order valence-corrected chi connectivity index (χ3v) is 3.75. The third kappa shape index (κ3) is 2.90. The molecule has 1 unspecified atom stereocenters. The molecule has 2 rings (SSSR count). The van der Waals surface area contributed by atoms with Crippen molar-refractivity contribution in [1.29, 1.82) is 0 Å². The summed E-state index contributed by atoms with van der Waals surface area (Å²) in [5, 5.41) is 10.7. The Morgan fingerprint density at radius 3 is 2.33 bits per heavy atom. The van der Waals surface area contributed by atoms with E-state index in [1.54, 1.807) is 0 Å². The summed E-state index contributed by atoms with van der Waals surface area (Å²) in [7, 11) is 0. The maximum absolute atomic E-state index is 10.7. The first kappa shape index (κ1) is 13.5. The zero-order valence-electron chi connectivity index (χ0n) is 11.0. The highest BCUT2D eigenvalue weighted by atomic mass is 16.3. The molecule has 1 heterocycles. The first-order chi connectivity index (χ1) is 8.64. The maximum Gasteiger partial charge on any atom is 0.141 e. The SMILES string of the molecule is CC(O)(c1ccccc1)N1CCN(CCN)CC1. The van der Waals surface area contributed by atoms with Crippen LogP contribution in [0.4, 0.5) is 0 Å². The molecule has 0 bridgehead atoms. The van der Waals surface area contributed by atoms with Gasteiger partial charge in [0.05, 0.1) is 0 Å². The molecule has 0 radical (unpaired) electrons. The molecular weight excluding hydrogens is 226 g/mol. The summed E-state index contributed by atoms with van der Waals surface area (Å²) in [6, 6.07) is 9.86. The lowest BCUT2D eigenvalue weighted by Crippen LogP contribution is -2.54. The highest BCUT2D eigenvalue weighted by Crippen LogP contribution is 2.25. The average Bonchev–Trinajstić information content (AvgIpc) is 2.41. The van der Waals surface area contributed by atoms with Gasteiger partial charge in [-0.25, -0.2) is 0 Å². The van der Waals surface area contributed by atoms with Crippen LogP contribution >= 0.6 is 0 Å². The van der Waals surface area contributed by atoms with Crippen molar-refractivity contribution in [2.24, 2.45) is 5.73 Å². The van der Waals surface area contributed by atoms with E-state index in [0.29, 0.717) is 6.54 Å². The Morgan fingerprint density at radius 1 is 1.17 bits per heavy atom. The van der Waals surface area contributed by atoms with Crippen molar-refractivity contribution in [2.45, 2.75) is 12.6 Å². The van der Waals surface area contributed by atoms with Crippen LogP contribution in [-0.4, -0.2) is 54.2 Å². The van der Waals surface area contributed by atoms with Crippen molar-refractivity contribution in [3.63, 3.8) is 0 Å². The van der Waals surface area contributed by atoms with Gasteiger partial charge in [0.15, 0.2) is 0 Å². The van der Waals surface area contributed by atoms with Gasteiger partial charge in [0, 0.05) is 39.3 Å². The van der Waals surface area contributed by atoms with Crippen molar-refractivity contribution < 1.29 is 5.11 Å². The molecule has 1 atom stereocenters. The lowest BCUT2D eigenvalue weighted by molar-refractivity contribution is -0.117. The molecule has 1 aliphatic rings. The number of rotatable bonds is 4. The number of nitrogens with zero attached hydrogens (tertiary/aromatic N) is 2. The monoisotopic (exact) mass is 249 g/mol. The summed E-state index contributed by atoms with van der Waals surface area (Å²) in [4.78, 5) is 4.48. The fourth-order valence-corrected chi connectivity index (χ4v) is 2.53. The number of hydrogen-bond acceptors (Lipinski definition) is 4. The number of aliphatic hydroxyl groups is 1. The van der Waals surface area contributed by atoms with E-state index < -0.39 is 5.72 Å². The molecule has 0 aliphatic carbocycles. The van der Waals surface area contributed by atoms with E-state index >= 15 is 0 Å². The molecule has 0 amide bonds. The minimum atomic E-state index is -0.879. The summed E-state index contributed by atoms with van der Waals surface area (Å²) in [6.45, 7) is 7.22. The minimum Gasteiger partial charge on any atom is -0.372 e. The van der Waals surface area contributed by atoms with Gasteiger partial charge in [0.2, 0.25) is 0 Å². The van der Waals surface area contributed by atoms with Gasteiger partial charge in [-0.1, -0.05) is 30.3 Å². The second-order valence-electron chi connectivity index (χ2n) is 5.00. The lowest BCUT2D eigenvalue weighted by atomic mass is 10.0. The van der Waals surface area contributed by atoms with Crippen molar-refractivity contribution in [3.05, 3.63) is 35.9 Å². The number of benzene rings is 1. The normalized spacial score (nSPS) is 21.7. The molecule has 3 N–H and O–H groups in total. The summed E-state index contributed by atoms with van der Waals surface area (Å²) < 4.78 is 0. The van der Waals surface area contributed by atoms with Crippen LogP contribution in [0.3, 0.4) is 0 Å². The van der Waals surface area contributed by atoms with Gasteiger partial charge in [0.1, 0.15) is 5.72 Å². The quantitative estimate of drug-likeness (QED) is 0.812. The van der Waals surface area contributed by atoms with Crippen molar-refractivity contribution >= 4 is 0 Å². The summed E-state index contributed by atoms with van der Waals surface area (Å²) in [6.07, 6.45) is 0. The van der Waals surface area contributed by atoms with E-state index in [0.717, 1.165) is 38.3 Å². The highest BCUT2D eigenvalue weighted by Gasteiger charge is 2.33. The fraction of sp³-hybridized carbons (Fsp3) is 0.571. The van der Waals surface area contributed by atoms with Gasteiger partial charge in [-0.15, -0.1) is 0 Å². The van der Waals surface area contributed by atoms with Crippen molar-refractivity contribution in [3.8, 4) is 0 Å². The minimum absolute atomic E-state index is 0.703. The van der Waals surface area contributed by atoms with E-state index in [4.69, 9.17) is 5.73 Å². The molecule has 0 aromatic heterocycles. The molecule has 1 aromatic carbocycles. The first-order valence-electron chi connectivity index (χ1n) is 6.60. The van der Waals surface area contributed by atoms with Crippen LogP contribution in [0.5, 0.6) is 0 Å². The molecule has 1 aliphatic heterocycles. The van der Waals surface area contributed by atoms with Crippen LogP contribution in [0, 0.1) is 0 Å². The Labute approximate surface area is 109 Å². The van der Waals surface area contributed by atoms with Gasteiger partial charge in [-0.2, -0.15) is 0 Å². The predicted octanol–water partition coefficient (Wildman–Crippen LogP) is 0.428. The number of nitrogens with two attached hydrogens (primary N) is 1. The molecule has 0 saturated carbocycles. The summed E-state index contributed by atoms with van der Waals surface area (Å²) in [5.74, 6) is 0. The summed E-state index contributed by atoms with van der Waals surface area (Å²) >= 11 is 0. The predicted molar refractivity (Wildman–Crippen MR) is 73.1 cm³/mol. The van der Waals surface area contributed by atoms with E-state index in [1.807, 2.05) is 37.3 Å². The highest BCUT2D eigenvalue weighted by molar-refractivity contribution is 5.21. The van der Waals surface area contributed by atoms with Gasteiger partial charge in [0.25, 0.3) is 0 Å². The zero-order valence-corrected chi connectivity index (χ0v) is 11.0. The van der Waals surface area contributed by atoms with Gasteiger partial charge >= 0.3 is 0 Å². The Bertz CT molecular complexity index is 359. The smallest absolute Gasteiger partial charge is 0.141 e. The van der Waals surface area contributed by atoms with E-state index in [9.17, 15) is 5.11 Å². The van der Waals surface area contributed by atoms with Gasteiger partial charge in [-0.3, -0.25) is 9.80 Å². The third-order valence-electron chi connectivity index (χ3n) is 3.75. The fourth-order valence-electron chi connectivity index (χ4n) is 2.53. The largest absolute Gasteiger partial charge is 0.372 e. The van der Waals surface area contributed by atoms with Gasteiger partial charge < -0.3 is 10.8 Å². The van der Waals surface area contributed by atoms with E-state index in [-0.39, 0.29) is 0 Å². The van der Waals surface area contributed by atoms with Gasteiger partial charge in [-0.05, 0) is 12.5 Å². The molecule has 100 valence electrons. The van der Waals surface area contributed by atoms with Crippen LogP contribution in [-0.2, 0) is 5.72 Å². The molecule has 0 spiro atoms. The standard InChI is InChI=1S/C14H23N3O/c1-14(18,13-5-3-2-4-6-13)17-11-9-16(8-7-15)10-12-17/h2-6,18H,7-12,15H2,1H3. The number of hydrogen-bond donors (Lipinski definition) is 2. The molecule has 1 saturated heterocycles. The molecule has 1 aromatic rings. The Morgan fingerprint density at radius 2 is 1.78 bits per heavy atom. The maximum atomic E-state index is 10.7. The lowest BCUT2D eigenvalue weighted by Gasteiger charge is -2.43. The second kappa shape index (κ2) is 5.80. The summed E-state index contributed by atoms with van der Waals surface area (Å²) in [5.41, 5.74) is 5.64. The van der Waals surface area contributed by atoms with E-state index in [1.165, 1.54) is 0 Å². The van der Waals surface area contributed by atoms with E-state index in [2.05, 4.69) is 9.80 Å². The molecular formula is C14H23N3O. The van der Waals surface area contributed by atoms with Crippen LogP contribution in [0.2, 0.25) is 0 Å². The molecule has 4 nitrogen and oxygen atoms in total. The zero-order chi connectivity index (χ0) is 13.0. The topological polar surface area (TPSA) is 52.7 Å². The molecule has 18 heavy (non-hydrogen) atoms. The van der Waals surface area contributed by atoms with Crippen molar-refractivity contribution in [1.82, 2.24) is 9.80 Å². The van der Waals surface area contributed by atoms with Crippen LogP contribution in [0.25, 0.3) is 0 Å². The van der Waals surface area contributed by atoms with Crippen LogP contribution in [0.1, 0.15) is 12.5 Å². The first-order valence-corrected chi connectivity index (χ1v) is 6.60. The molecule has 4 heteroatoms. The van der Waals surface area contributed by atoms with Crippen LogP contribution in [0.15, 0.2) is 30.3 Å². The number of piperazine rings is 1. The second-order valence-corrected chi connectivity index (χ2v) is 5.00. The Kier molecular flexibility index (Phi) is 4.35.